The second-order valence-corrected chi connectivity index (χ2v) is 11.2. The van der Waals surface area contributed by atoms with Gasteiger partial charge >= 0.3 is 0 Å². The molecule has 1 saturated carbocycles. The topological polar surface area (TPSA) is 43.4 Å². The molecule has 0 bridgehead atoms. The predicted molar refractivity (Wildman–Crippen MR) is 159 cm³/mol. The monoisotopic (exact) mass is 538 g/mol. The average Bonchev–Trinajstić information content (AvgIpc) is 2.97. The molecule has 1 aliphatic carbocycles. The number of ether oxygens (including phenoxy) is 4. The smallest absolute Gasteiger partial charge is 0.142 e. The van der Waals surface area contributed by atoms with Crippen LogP contribution in [0.1, 0.15) is 69.9 Å². The van der Waals surface area contributed by atoms with Crippen LogP contribution in [0.4, 0.5) is 5.69 Å². The van der Waals surface area contributed by atoms with Gasteiger partial charge in [0.25, 0.3) is 0 Å². The first-order valence-corrected chi connectivity index (χ1v) is 15.0. The largest absolute Gasteiger partial charge is 0.497 e. The van der Waals surface area contributed by atoms with E-state index < -0.39 is 0 Å². The minimum Gasteiger partial charge on any atom is -0.497 e. The summed E-state index contributed by atoms with van der Waals surface area (Å²) in [5.41, 5.74) is 3.75. The van der Waals surface area contributed by atoms with Gasteiger partial charge in [0.2, 0.25) is 0 Å². The molecule has 4 atom stereocenters. The first-order chi connectivity index (χ1) is 19.1. The van der Waals surface area contributed by atoms with Crippen LogP contribution in [0.2, 0.25) is 0 Å². The number of methoxy groups -OCH3 is 2. The van der Waals surface area contributed by atoms with E-state index in [1.165, 1.54) is 36.1 Å². The standard InChI is InChI=1S/C33H50N2O4/c1-6-34(7-2)25(3)21-26-9-15-32(30(22-26)28-11-13-29(37-5)14-12-28)39-24-27-10-16-33-31(23-27)35(18-20-38-33)17-8-19-36-4/h10-14,16,23,25-26,30,32H,6-9,15,17-22,24H2,1-5H3/t25?,26-,30+,32-/m0/s1. The predicted octanol–water partition coefficient (Wildman–Crippen LogP) is 6.52. The molecule has 0 N–H and O–H groups in total. The molecule has 2 aromatic rings. The number of rotatable bonds is 14. The van der Waals surface area contributed by atoms with E-state index in [-0.39, 0.29) is 6.10 Å². The minimum atomic E-state index is 0.212. The molecule has 216 valence electrons. The fourth-order valence-electron chi connectivity index (χ4n) is 6.57. The van der Waals surface area contributed by atoms with E-state index in [1.807, 2.05) is 0 Å². The van der Waals surface area contributed by atoms with Crippen LogP contribution < -0.4 is 14.4 Å². The van der Waals surface area contributed by atoms with Crippen molar-refractivity contribution in [2.24, 2.45) is 5.92 Å². The molecule has 1 aliphatic heterocycles. The van der Waals surface area contributed by atoms with Gasteiger partial charge in [-0.25, -0.2) is 0 Å². The van der Waals surface area contributed by atoms with Crippen LogP contribution >= 0.6 is 0 Å². The van der Waals surface area contributed by atoms with Crippen molar-refractivity contribution in [3.8, 4) is 11.5 Å². The minimum absolute atomic E-state index is 0.212. The van der Waals surface area contributed by atoms with Crippen LogP contribution in [0.5, 0.6) is 11.5 Å². The van der Waals surface area contributed by atoms with Crippen molar-refractivity contribution in [3.63, 3.8) is 0 Å². The Bertz CT molecular complexity index is 994. The van der Waals surface area contributed by atoms with Crippen molar-refractivity contribution >= 4 is 5.69 Å². The van der Waals surface area contributed by atoms with Crippen molar-refractivity contribution in [1.29, 1.82) is 0 Å². The molecule has 2 aliphatic rings. The molecule has 39 heavy (non-hydrogen) atoms. The molecule has 1 heterocycles. The van der Waals surface area contributed by atoms with E-state index >= 15 is 0 Å². The number of nitrogens with zero attached hydrogens (tertiary/aromatic N) is 2. The van der Waals surface area contributed by atoms with Crippen molar-refractivity contribution < 1.29 is 18.9 Å². The van der Waals surface area contributed by atoms with Gasteiger partial charge < -0.3 is 28.7 Å². The van der Waals surface area contributed by atoms with Gasteiger partial charge in [0.05, 0.1) is 32.1 Å². The van der Waals surface area contributed by atoms with Gasteiger partial charge in [-0.05, 0) is 93.4 Å². The highest BCUT2D eigenvalue weighted by molar-refractivity contribution is 5.61. The lowest BCUT2D eigenvalue weighted by Gasteiger charge is -2.39. The highest BCUT2D eigenvalue weighted by Gasteiger charge is 2.33. The fourth-order valence-corrected chi connectivity index (χ4v) is 6.57. The van der Waals surface area contributed by atoms with Crippen LogP contribution in [0.25, 0.3) is 0 Å². The Morgan fingerprint density at radius 2 is 1.85 bits per heavy atom. The molecule has 2 aromatic carbocycles. The third-order valence-electron chi connectivity index (χ3n) is 8.77. The molecule has 1 unspecified atom stereocenters. The van der Waals surface area contributed by atoms with Gasteiger partial charge in [0.15, 0.2) is 0 Å². The zero-order valence-corrected chi connectivity index (χ0v) is 24.9. The summed E-state index contributed by atoms with van der Waals surface area (Å²) in [6.45, 7) is 13.2. The van der Waals surface area contributed by atoms with Gasteiger partial charge in [0.1, 0.15) is 18.1 Å². The molecule has 0 saturated heterocycles. The van der Waals surface area contributed by atoms with E-state index in [9.17, 15) is 0 Å². The van der Waals surface area contributed by atoms with E-state index in [0.29, 0.717) is 24.5 Å². The first kappa shape index (κ1) is 29.7. The highest BCUT2D eigenvalue weighted by Crippen LogP contribution is 2.41. The van der Waals surface area contributed by atoms with E-state index in [0.717, 1.165) is 63.7 Å². The van der Waals surface area contributed by atoms with Gasteiger partial charge in [-0.3, -0.25) is 0 Å². The Balaban J connectivity index is 1.45. The maximum Gasteiger partial charge on any atom is 0.142 e. The summed E-state index contributed by atoms with van der Waals surface area (Å²) in [6, 6.07) is 15.8. The molecular weight excluding hydrogens is 488 g/mol. The average molecular weight is 539 g/mol. The van der Waals surface area contributed by atoms with Crippen LogP contribution in [-0.2, 0) is 16.1 Å². The lowest BCUT2D eigenvalue weighted by molar-refractivity contribution is -0.0118. The maximum atomic E-state index is 6.74. The zero-order valence-electron chi connectivity index (χ0n) is 24.9. The summed E-state index contributed by atoms with van der Waals surface area (Å²) < 4.78 is 23.4. The van der Waals surface area contributed by atoms with Crippen LogP contribution in [0, 0.1) is 5.92 Å². The number of fused-ring (bicyclic) bond motifs is 1. The van der Waals surface area contributed by atoms with Crippen molar-refractivity contribution in [2.75, 3.05) is 58.5 Å². The third-order valence-corrected chi connectivity index (χ3v) is 8.77. The van der Waals surface area contributed by atoms with E-state index in [4.69, 9.17) is 18.9 Å². The molecule has 0 spiro atoms. The van der Waals surface area contributed by atoms with Gasteiger partial charge in [0, 0.05) is 32.2 Å². The number of hydrogen-bond acceptors (Lipinski definition) is 6. The zero-order chi connectivity index (χ0) is 27.6. The Morgan fingerprint density at radius 3 is 2.56 bits per heavy atom. The summed E-state index contributed by atoms with van der Waals surface area (Å²) in [7, 11) is 3.50. The van der Waals surface area contributed by atoms with Crippen molar-refractivity contribution in [2.45, 2.75) is 77.5 Å². The first-order valence-electron chi connectivity index (χ1n) is 15.0. The molecular formula is C33H50N2O4. The van der Waals surface area contributed by atoms with Gasteiger partial charge in [-0.15, -0.1) is 0 Å². The third kappa shape index (κ3) is 7.90. The Morgan fingerprint density at radius 1 is 1.05 bits per heavy atom. The molecule has 1 fully saturated rings. The highest BCUT2D eigenvalue weighted by atomic mass is 16.5. The summed E-state index contributed by atoms with van der Waals surface area (Å²) in [5, 5.41) is 0. The normalized spacial score (nSPS) is 21.9. The Hall–Kier alpha value is -2.28. The van der Waals surface area contributed by atoms with E-state index in [2.05, 4.69) is 73.0 Å². The molecule has 4 rings (SSSR count). The summed E-state index contributed by atoms with van der Waals surface area (Å²) in [6.07, 6.45) is 5.98. The molecule has 0 amide bonds. The van der Waals surface area contributed by atoms with Crippen LogP contribution in [0.3, 0.4) is 0 Å². The Labute approximate surface area is 236 Å². The lowest BCUT2D eigenvalue weighted by Crippen LogP contribution is -2.37. The molecule has 0 radical (unpaired) electrons. The second kappa shape index (κ2) is 14.9. The van der Waals surface area contributed by atoms with E-state index in [1.54, 1.807) is 14.2 Å². The molecule has 0 aromatic heterocycles. The SMILES string of the molecule is CCN(CC)C(C)C[C@@H]1CC[C@H](OCc2ccc3c(c2)N(CCCOC)CCO3)[C@@H](c2ccc(OC)cc2)C1. The number of hydrogen-bond donors (Lipinski definition) is 0. The number of anilines is 1. The molecule has 6 heteroatoms. The lowest BCUT2D eigenvalue weighted by atomic mass is 9.74. The maximum absolute atomic E-state index is 6.74. The van der Waals surface area contributed by atoms with Crippen LogP contribution in [-0.4, -0.2) is 70.7 Å². The summed E-state index contributed by atoms with van der Waals surface area (Å²) in [5.74, 6) is 2.99. The van der Waals surface area contributed by atoms with Gasteiger partial charge in [-0.2, -0.15) is 0 Å². The Kier molecular flexibility index (Phi) is 11.4. The quantitative estimate of drug-likeness (QED) is 0.255. The van der Waals surface area contributed by atoms with Gasteiger partial charge in [-0.1, -0.05) is 32.0 Å². The number of benzene rings is 2. The second-order valence-electron chi connectivity index (χ2n) is 11.2. The van der Waals surface area contributed by atoms with Crippen LogP contribution in [0.15, 0.2) is 42.5 Å². The summed E-state index contributed by atoms with van der Waals surface area (Å²) in [4.78, 5) is 5.01. The summed E-state index contributed by atoms with van der Waals surface area (Å²) >= 11 is 0. The molecule has 6 nitrogen and oxygen atoms in total. The fraction of sp³-hybridized carbons (Fsp3) is 0.636. The van der Waals surface area contributed by atoms with Crippen molar-refractivity contribution in [1.82, 2.24) is 4.90 Å². The van der Waals surface area contributed by atoms with Crippen molar-refractivity contribution in [3.05, 3.63) is 53.6 Å².